The molecule has 2 aromatic heterocycles. The van der Waals surface area contributed by atoms with E-state index in [1.54, 1.807) is 11.1 Å². The molecule has 0 bridgehead atoms. The third-order valence-electron chi connectivity index (χ3n) is 3.17. The van der Waals surface area contributed by atoms with E-state index >= 15 is 0 Å². The Hall–Kier alpha value is -1.69. The van der Waals surface area contributed by atoms with Crippen LogP contribution < -0.4 is 4.74 Å². The number of hydrogen-bond donors (Lipinski definition) is 0. The van der Waals surface area contributed by atoms with Gasteiger partial charge in [-0.25, -0.2) is 13.8 Å². The minimum atomic E-state index is -2.48. The topological polar surface area (TPSA) is 29.8 Å². The lowest BCUT2D eigenvalue weighted by Gasteiger charge is -2.38. The van der Waals surface area contributed by atoms with Crippen LogP contribution in [-0.4, -0.2) is 46.4 Å². The molecule has 0 radical (unpaired) electrons. The van der Waals surface area contributed by atoms with Crippen molar-refractivity contribution in [1.29, 1.82) is 0 Å². The third-order valence-corrected chi connectivity index (χ3v) is 3.17. The fourth-order valence-electron chi connectivity index (χ4n) is 2.23. The van der Waals surface area contributed by atoms with Crippen LogP contribution in [-0.2, 0) is 0 Å². The molecule has 1 saturated heterocycles. The summed E-state index contributed by atoms with van der Waals surface area (Å²) in [7, 11) is 0. The second kappa shape index (κ2) is 4.77. The molecule has 0 N–H and O–H groups in total. The van der Waals surface area contributed by atoms with Crippen LogP contribution >= 0.6 is 0 Å². The van der Waals surface area contributed by atoms with Gasteiger partial charge in [0.15, 0.2) is 0 Å². The summed E-state index contributed by atoms with van der Waals surface area (Å²) in [6, 6.07) is 3.73. The summed E-state index contributed by atoms with van der Waals surface area (Å²) in [5, 5.41) is 0. The van der Waals surface area contributed by atoms with Gasteiger partial charge in [0, 0.05) is 31.2 Å². The molecule has 6 heteroatoms. The number of halogens is 2. The number of ether oxygens (including phenoxy) is 1. The Morgan fingerprint density at radius 2 is 2.16 bits per heavy atom. The normalized spacial score (nSPS) is 18.4. The van der Waals surface area contributed by atoms with Crippen LogP contribution in [0, 0.1) is 0 Å². The molecular formula is C13H15F2N3O. The molecule has 0 unspecified atom stereocenters. The van der Waals surface area contributed by atoms with E-state index in [4.69, 9.17) is 4.74 Å². The fourth-order valence-corrected chi connectivity index (χ4v) is 2.23. The molecule has 0 amide bonds. The molecule has 2 aromatic rings. The molecule has 1 aliphatic rings. The Morgan fingerprint density at radius 1 is 1.32 bits per heavy atom. The molecule has 102 valence electrons. The second-order valence-corrected chi connectivity index (χ2v) is 4.82. The number of hydrogen-bond acceptors (Lipinski definition) is 3. The standard InChI is InChI=1S/C13H15F2N3O/c14-13(15)9-17(10-13)4-1-7-19-11-2-5-18-6-3-16-12(18)8-11/h2-3,5-6,8H,1,4,7,9-10H2. The average molecular weight is 267 g/mol. The molecule has 0 aliphatic carbocycles. The lowest BCUT2D eigenvalue weighted by Crippen LogP contribution is -2.56. The van der Waals surface area contributed by atoms with Crippen molar-refractivity contribution in [2.24, 2.45) is 0 Å². The lowest BCUT2D eigenvalue weighted by atomic mass is 10.1. The highest BCUT2D eigenvalue weighted by Crippen LogP contribution is 2.26. The van der Waals surface area contributed by atoms with Gasteiger partial charge >= 0.3 is 0 Å². The predicted molar refractivity (Wildman–Crippen MR) is 66.7 cm³/mol. The lowest BCUT2D eigenvalue weighted by molar-refractivity contribution is -0.130. The van der Waals surface area contributed by atoms with Crippen molar-refractivity contribution in [3.8, 4) is 5.75 Å². The van der Waals surface area contributed by atoms with E-state index in [1.807, 2.05) is 28.9 Å². The number of imidazole rings is 1. The molecule has 0 saturated carbocycles. The monoisotopic (exact) mass is 267 g/mol. The van der Waals surface area contributed by atoms with Crippen molar-refractivity contribution >= 4 is 5.65 Å². The number of likely N-dealkylation sites (tertiary alicyclic amines) is 1. The SMILES string of the molecule is FC1(F)CN(CCCOc2ccn3ccnc3c2)C1. The zero-order valence-electron chi connectivity index (χ0n) is 10.4. The van der Waals surface area contributed by atoms with Crippen LogP contribution in [0.25, 0.3) is 5.65 Å². The molecule has 3 rings (SSSR count). The Balaban J connectivity index is 1.42. The third kappa shape index (κ3) is 2.84. The molecule has 19 heavy (non-hydrogen) atoms. The van der Waals surface area contributed by atoms with Crippen molar-refractivity contribution < 1.29 is 13.5 Å². The van der Waals surface area contributed by atoms with Gasteiger partial charge in [-0.15, -0.1) is 0 Å². The molecule has 1 aliphatic heterocycles. The van der Waals surface area contributed by atoms with E-state index in [0.717, 1.165) is 17.8 Å². The van der Waals surface area contributed by atoms with Crippen LogP contribution in [0.3, 0.4) is 0 Å². The number of aromatic nitrogens is 2. The molecule has 0 atom stereocenters. The van der Waals surface area contributed by atoms with E-state index in [1.165, 1.54) is 0 Å². The first-order chi connectivity index (χ1) is 9.12. The van der Waals surface area contributed by atoms with Gasteiger partial charge in [0.05, 0.1) is 19.7 Å². The van der Waals surface area contributed by atoms with Gasteiger partial charge in [-0.3, -0.25) is 4.90 Å². The van der Waals surface area contributed by atoms with Gasteiger partial charge < -0.3 is 9.14 Å². The number of nitrogens with zero attached hydrogens (tertiary/aromatic N) is 3. The average Bonchev–Trinajstić information content (AvgIpc) is 2.79. The summed E-state index contributed by atoms with van der Waals surface area (Å²) in [6.45, 7) is 0.945. The van der Waals surface area contributed by atoms with Gasteiger partial charge in [-0.1, -0.05) is 0 Å². The Bertz CT molecular complexity index is 562. The van der Waals surface area contributed by atoms with E-state index in [-0.39, 0.29) is 13.1 Å². The van der Waals surface area contributed by atoms with Crippen LogP contribution in [0.2, 0.25) is 0 Å². The summed E-state index contributed by atoms with van der Waals surface area (Å²) in [5.41, 5.74) is 0.833. The first-order valence-electron chi connectivity index (χ1n) is 6.28. The Labute approximate surface area is 109 Å². The van der Waals surface area contributed by atoms with Crippen molar-refractivity contribution in [2.45, 2.75) is 12.3 Å². The van der Waals surface area contributed by atoms with Crippen molar-refractivity contribution in [3.63, 3.8) is 0 Å². The zero-order valence-corrected chi connectivity index (χ0v) is 10.4. The van der Waals surface area contributed by atoms with E-state index in [0.29, 0.717) is 13.2 Å². The predicted octanol–water partition coefficient (Wildman–Crippen LogP) is 2.05. The summed E-state index contributed by atoms with van der Waals surface area (Å²) < 4.78 is 32.7. The van der Waals surface area contributed by atoms with Gasteiger partial charge in [0.2, 0.25) is 0 Å². The first kappa shape index (κ1) is 12.3. The maximum Gasteiger partial charge on any atom is 0.272 e. The molecule has 3 heterocycles. The molecule has 0 spiro atoms. The molecule has 0 aromatic carbocycles. The number of pyridine rings is 1. The minimum absolute atomic E-state index is 0.118. The smallest absolute Gasteiger partial charge is 0.272 e. The van der Waals surface area contributed by atoms with Gasteiger partial charge in [-0.05, 0) is 12.5 Å². The maximum absolute atomic E-state index is 12.6. The van der Waals surface area contributed by atoms with Crippen LogP contribution in [0.15, 0.2) is 30.7 Å². The Kier molecular flexibility index (Phi) is 3.10. The summed E-state index contributed by atoms with van der Waals surface area (Å²) >= 11 is 0. The quantitative estimate of drug-likeness (QED) is 0.777. The minimum Gasteiger partial charge on any atom is -0.493 e. The number of rotatable bonds is 5. The van der Waals surface area contributed by atoms with Gasteiger partial charge in [0.25, 0.3) is 5.92 Å². The van der Waals surface area contributed by atoms with E-state index < -0.39 is 5.92 Å². The summed E-state index contributed by atoms with van der Waals surface area (Å²) in [6.07, 6.45) is 6.22. The zero-order chi connectivity index (χ0) is 13.3. The van der Waals surface area contributed by atoms with Crippen molar-refractivity contribution in [2.75, 3.05) is 26.2 Å². The number of alkyl halides is 2. The van der Waals surface area contributed by atoms with E-state index in [9.17, 15) is 8.78 Å². The van der Waals surface area contributed by atoms with Gasteiger partial charge in [-0.2, -0.15) is 0 Å². The highest BCUT2D eigenvalue weighted by molar-refractivity contribution is 5.43. The van der Waals surface area contributed by atoms with Crippen LogP contribution in [0.4, 0.5) is 8.78 Å². The van der Waals surface area contributed by atoms with E-state index in [2.05, 4.69) is 4.98 Å². The summed E-state index contributed by atoms with van der Waals surface area (Å²) in [5.74, 6) is -1.72. The highest BCUT2D eigenvalue weighted by atomic mass is 19.3. The molecular weight excluding hydrogens is 252 g/mol. The van der Waals surface area contributed by atoms with Gasteiger partial charge in [0.1, 0.15) is 11.4 Å². The largest absolute Gasteiger partial charge is 0.493 e. The fraction of sp³-hybridized carbons (Fsp3) is 0.462. The van der Waals surface area contributed by atoms with Crippen molar-refractivity contribution in [3.05, 3.63) is 30.7 Å². The second-order valence-electron chi connectivity index (χ2n) is 4.82. The molecule has 1 fully saturated rings. The van der Waals surface area contributed by atoms with Crippen LogP contribution in [0.1, 0.15) is 6.42 Å². The summed E-state index contributed by atoms with van der Waals surface area (Å²) in [4.78, 5) is 5.90. The first-order valence-corrected chi connectivity index (χ1v) is 6.28. The van der Waals surface area contributed by atoms with Crippen molar-refractivity contribution in [1.82, 2.24) is 14.3 Å². The van der Waals surface area contributed by atoms with Crippen LogP contribution in [0.5, 0.6) is 5.75 Å². The Morgan fingerprint density at radius 3 is 2.95 bits per heavy atom. The maximum atomic E-state index is 12.6. The molecule has 4 nitrogen and oxygen atoms in total. The highest BCUT2D eigenvalue weighted by Gasteiger charge is 2.43. The number of fused-ring (bicyclic) bond motifs is 1.